The smallest absolute Gasteiger partial charge is 0.324 e. The zero-order chi connectivity index (χ0) is 18.1. The molecule has 1 aliphatic heterocycles. The summed E-state index contributed by atoms with van der Waals surface area (Å²) in [6.45, 7) is 2.92. The molecule has 6 nitrogen and oxygen atoms in total. The molecule has 2 atom stereocenters. The first-order valence-corrected chi connectivity index (χ1v) is 8.26. The Balaban J connectivity index is 2.52. The van der Waals surface area contributed by atoms with Crippen molar-refractivity contribution in [2.45, 2.75) is 25.6 Å². The van der Waals surface area contributed by atoms with Gasteiger partial charge in [-0.3, -0.25) is 9.59 Å². The van der Waals surface area contributed by atoms with Crippen LogP contribution in [-0.2, 0) is 19.1 Å². The molecule has 1 heterocycles. The van der Waals surface area contributed by atoms with Gasteiger partial charge in [-0.05, 0) is 17.7 Å². The highest BCUT2D eigenvalue weighted by Gasteiger charge is 2.50. The Morgan fingerprint density at radius 1 is 1.29 bits per heavy atom. The number of benzene rings is 1. The van der Waals surface area contributed by atoms with Crippen LogP contribution in [0.5, 0.6) is 0 Å². The van der Waals surface area contributed by atoms with Gasteiger partial charge in [-0.2, -0.15) is 5.26 Å². The van der Waals surface area contributed by atoms with Crippen LogP contribution in [0.4, 0.5) is 0 Å². The average Bonchev–Trinajstić information content (AvgIpc) is 2.45. The zero-order valence-corrected chi connectivity index (χ0v) is 15.4. The lowest BCUT2D eigenvalue weighted by molar-refractivity contribution is -0.241. The molecule has 1 fully saturated rings. The molecule has 0 unspecified atom stereocenters. The monoisotopic (exact) mass is 410 g/mol. The van der Waals surface area contributed by atoms with Gasteiger partial charge in [-0.1, -0.05) is 40.3 Å². The lowest BCUT2D eigenvalue weighted by Crippen LogP contribution is -2.50. The molecule has 0 bridgehead atoms. The molecule has 2 rings (SSSR count). The Morgan fingerprint density at radius 2 is 1.79 bits per heavy atom. The Morgan fingerprint density at radius 3 is 2.21 bits per heavy atom. The van der Waals surface area contributed by atoms with Gasteiger partial charge in [0, 0.05) is 24.2 Å². The highest BCUT2D eigenvalue weighted by atomic mass is 79.9. The minimum Gasteiger partial charge on any atom is -0.422 e. The number of hydrogen-bond acceptors (Lipinski definition) is 6. The predicted octanol–water partition coefficient (Wildman–Crippen LogP) is 2.41. The maximum Gasteiger partial charge on any atom is 0.324 e. The van der Waals surface area contributed by atoms with Crippen molar-refractivity contribution in [3.05, 3.63) is 34.3 Å². The van der Waals surface area contributed by atoms with Gasteiger partial charge in [-0.25, -0.2) is 0 Å². The summed E-state index contributed by atoms with van der Waals surface area (Å²) in [6.07, 6.45) is 0. The van der Waals surface area contributed by atoms with Crippen LogP contribution in [0, 0.1) is 23.2 Å². The molecule has 0 amide bonds. The van der Waals surface area contributed by atoms with Gasteiger partial charge in [0.2, 0.25) is 0 Å². The summed E-state index contributed by atoms with van der Waals surface area (Å²) >= 11 is 8.27. The summed E-state index contributed by atoms with van der Waals surface area (Å²) in [7, 11) is 0. The average molecular weight is 411 g/mol. The fourth-order valence-electron chi connectivity index (χ4n) is 2.60. The highest BCUT2D eigenvalue weighted by Crippen LogP contribution is 2.38. The second-order valence-electron chi connectivity index (χ2n) is 5.81. The quantitative estimate of drug-likeness (QED) is 0.461. The zero-order valence-electron chi connectivity index (χ0n) is 13.0. The summed E-state index contributed by atoms with van der Waals surface area (Å²) in [6, 6.07) is 8.84. The van der Waals surface area contributed by atoms with E-state index in [1.54, 1.807) is 24.3 Å². The summed E-state index contributed by atoms with van der Waals surface area (Å²) in [5.41, 5.74) is 6.23. The molecule has 24 heavy (non-hydrogen) atoms. The normalized spacial score (nSPS) is 19.6. The van der Waals surface area contributed by atoms with Crippen LogP contribution in [0.3, 0.4) is 0 Å². The van der Waals surface area contributed by atoms with E-state index >= 15 is 0 Å². The topological polar surface area (TPSA) is 102 Å². The number of nitrogens with zero attached hydrogens (tertiary/aromatic N) is 1. The minimum atomic E-state index is -1.35. The molecule has 0 saturated carbocycles. The maximum absolute atomic E-state index is 12.4. The van der Waals surface area contributed by atoms with E-state index in [4.69, 9.17) is 27.4 Å². The fourth-order valence-corrected chi connectivity index (χ4v) is 3.07. The van der Waals surface area contributed by atoms with E-state index in [2.05, 4.69) is 15.9 Å². The van der Waals surface area contributed by atoms with Crippen molar-refractivity contribution in [1.29, 1.82) is 5.26 Å². The number of carbonyl (C=O) groups excluding carboxylic acids is 2. The first kappa shape index (κ1) is 18.4. The number of halogens is 1. The van der Waals surface area contributed by atoms with Crippen LogP contribution in [0.1, 0.15) is 25.3 Å². The Bertz CT molecular complexity index is 707. The first-order valence-electron chi connectivity index (χ1n) is 7.06. The van der Waals surface area contributed by atoms with Crippen LogP contribution < -0.4 is 5.73 Å². The number of ether oxygens (including phenoxy) is 2. The van der Waals surface area contributed by atoms with Crippen LogP contribution in [0.15, 0.2) is 28.7 Å². The SMILES string of the molecule is CC1(C)OC(=O)C([C@H](c2ccc(Br)cc2)[C@@H](C#N)C(N)=S)C(=O)O1. The Hall–Kier alpha value is -1.98. The number of esters is 2. The molecule has 1 aromatic carbocycles. The van der Waals surface area contributed by atoms with E-state index in [0.717, 1.165) is 4.47 Å². The van der Waals surface area contributed by atoms with Crippen molar-refractivity contribution < 1.29 is 19.1 Å². The molecular weight excluding hydrogens is 396 g/mol. The molecule has 0 aromatic heterocycles. The number of nitrogens with two attached hydrogens (primary N) is 1. The number of thiocarbonyl (C=S) groups is 1. The van der Waals surface area contributed by atoms with E-state index in [1.807, 2.05) is 6.07 Å². The highest BCUT2D eigenvalue weighted by molar-refractivity contribution is 9.10. The van der Waals surface area contributed by atoms with Crippen LogP contribution in [0.25, 0.3) is 0 Å². The van der Waals surface area contributed by atoms with Gasteiger partial charge < -0.3 is 15.2 Å². The van der Waals surface area contributed by atoms with Crippen molar-refractivity contribution in [3.8, 4) is 6.07 Å². The molecule has 1 saturated heterocycles. The van der Waals surface area contributed by atoms with Crippen LogP contribution in [0.2, 0.25) is 0 Å². The molecule has 2 N–H and O–H groups in total. The van der Waals surface area contributed by atoms with Crippen molar-refractivity contribution in [3.63, 3.8) is 0 Å². The Labute approximate surface area is 153 Å². The molecule has 8 heteroatoms. The molecule has 1 aromatic rings. The molecule has 126 valence electrons. The fraction of sp³-hybridized carbons (Fsp3) is 0.375. The van der Waals surface area contributed by atoms with Crippen molar-refractivity contribution in [2.24, 2.45) is 17.6 Å². The standard InChI is InChI=1S/C16H15BrN2O4S/c1-16(2)22-14(20)12(15(21)23-16)11(10(7-18)13(19)24)8-3-5-9(17)6-4-8/h3-6,10-12H,1-2H3,(H2,19,24)/t10-,11-/m1/s1. The lowest BCUT2D eigenvalue weighted by atomic mass is 9.76. The maximum atomic E-state index is 12.4. The second kappa shape index (κ2) is 6.87. The summed E-state index contributed by atoms with van der Waals surface area (Å²) in [5, 5.41) is 9.46. The molecule has 0 radical (unpaired) electrons. The van der Waals surface area contributed by atoms with E-state index in [1.165, 1.54) is 13.8 Å². The van der Waals surface area contributed by atoms with Gasteiger partial charge in [0.15, 0.2) is 5.92 Å². The molecule has 1 aliphatic rings. The van der Waals surface area contributed by atoms with Crippen LogP contribution >= 0.6 is 28.1 Å². The molecule has 0 spiro atoms. The largest absolute Gasteiger partial charge is 0.422 e. The molecular formula is C16H15BrN2O4S. The summed E-state index contributed by atoms with van der Waals surface area (Å²) in [4.78, 5) is 24.7. The van der Waals surface area contributed by atoms with Crippen molar-refractivity contribution >= 4 is 45.1 Å². The van der Waals surface area contributed by atoms with Gasteiger partial charge in [0.1, 0.15) is 5.92 Å². The second-order valence-corrected chi connectivity index (χ2v) is 7.19. The number of nitriles is 1. The van der Waals surface area contributed by atoms with Crippen molar-refractivity contribution in [1.82, 2.24) is 0 Å². The van der Waals surface area contributed by atoms with Crippen molar-refractivity contribution in [2.75, 3.05) is 0 Å². The Kier molecular flexibility index (Phi) is 5.26. The third-order valence-electron chi connectivity index (χ3n) is 3.62. The summed E-state index contributed by atoms with van der Waals surface area (Å²) < 4.78 is 11.2. The van der Waals surface area contributed by atoms with E-state index < -0.39 is 35.5 Å². The number of carbonyl (C=O) groups is 2. The van der Waals surface area contributed by atoms with E-state index in [9.17, 15) is 14.9 Å². The van der Waals surface area contributed by atoms with Gasteiger partial charge in [-0.15, -0.1) is 0 Å². The minimum absolute atomic E-state index is 0.101. The van der Waals surface area contributed by atoms with Gasteiger partial charge in [0.25, 0.3) is 5.79 Å². The lowest BCUT2D eigenvalue weighted by Gasteiger charge is -2.37. The predicted molar refractivity (Wildman–Crippen MR) is 92.5 cm³/mol. The van der Waals surface area contributed by atoms with E-state index in [-0.39, 0.29) is 4.99 Å². The number of rotatable bonds is 4. The summed E-state index contributed by atoms with van der Waals surface area (Å²) in [5.74, 6) is -6.10. The first-order chi connectivity index (χ1) is 11.2. The molecule has 0 aliphatic carbocycles. The van der Waals surface area contributed by atoms with Gasteiger partial charge >= 0.3 is 11.9 Å². The van der Waals surface area contributed by atoms with Gasteiger partial charge in [0.05, 0.1) is 11.1 Å². The third kappa shape index (κ3) is 3.74. The number of cyclic esters (lactones) is 2. The number of hydrogen-bond donors (Lipinski definition) is 1. The van der Waals surface area contributed by atoms with E-state index in [0.29, 0.717) is 5.56 Å². The van der Waals surface area contributed by atoms with Crippen LogP contribution in [-0.4, -0.2) is 22.7 Å². The third-order valence-corrected chi connectivity index (χ3v) is 4.40.